The molecule has 1 aromatic carbocycles. The second-order valence-corrected chi connectivity index (χ2v) is 4.86. The molecule has 0 atom stereocenters. The average molecular weight is 313 g/mol. The third-order valence-corrected chi connectivity index (χ3v) is 3.51. The van der Waals surface area contributed by atoms with E-state index in [1.807, 2.05) is 0 Å². The zero-order chi connectivity index (χ0) is 9.10. The van der Waals surface area contributed by atoms with Crippen molar-refractivity contribution in [2.75, 3.05) is 0 Å². The Kier molecular flexibility index (Phi) is 11.7. The van der Waals surface area contributed by atoms with Gasteiger partial charge in [0.25, 0.3) is 0 Å². The Morgan fingerprint density at radius 2 is 1.31 bits per heavy atom. The normalized spacial score (nSPS) is 15.4. The number of rotatable bonds is 1. The molecule has 1 aromatic rings. The third kappa shape index (κ3) is 5.42. The molecule has 88 valence electrons. The first-order chi connectivity index (χ1) is 6.36. The predicted molar refractivity (Wildman–Crippen MR) is 51.9 cm³/mol. The van der Waals surface area contributed by atoms with Gasteiger partial charge in [-0.2, -0.15) is 0 Å². The van der Waals surface area contributed by atoms with Crippen LogP contribution >= 0.6 is 0 Å². The van der Waals surface area contributed by atoms with Gasteiger partial charge in [0.15, 0.2) is 0 Å². The first-order valence-corrected chi connectivity index (χ1v) is 5.96. The maximum atomic E-state index is 2.31. The average Bonchev–Trinajstić information content (AvgIpc) is 2.20. The molecule has 1 fully saturated rings. The number of benzene rings is 1. The van der Waals surface area contributed by atoms with Gasteiger partial charge < -0.3 is 37.2 Å². The summed E-state index contributed by atoms with van der Waals surface area (Å²) < 4.78 is 1.37. The van der Waals surface area contributed by atoms with E-state index in [9.17, 15) is 0 Å². The van der Waals surface area contributed by atoms with Gasteiger partial charge in [0.1, 0.15) is 0 Å². The minimum absolute atomic E-state index is 0. The Balaban J connectivity index is 0. The first-order valence-electron chi connectivity index (χ1n) is 5.18. The molecule has 0 nitrogen and oxygen atoms in total. The molecule has 0 amide bonds. The van der Waals surface area contributed by atoms with Crippen LogP contribution in [0.25, 0.3) is 0 Å². The number of hydrogen-bond acceptors (Lipinski definition) is 0. The maximum absolute atomic E-state index is 2.31. The van der Waals surface area contributed by atoms with Crippen LogP contribution < -0.4 is 41.1 Å². The Bertz CT molecular complexity index is 268. The zero-order valence-electron chi connectivity index (χ0n) is 9.06. The second kappa shape index (κ2) is 9.80. The van der Waals surface area contributed by atoms with Crippen LogP contribution in [-0.2, 0) is 20.4 Å². The fraction of sp³-hybridized carbons (Fsp3) is 0.500. The molecule has 1 saturated carbocycles. The Hall–Kier alpha value is 0.804. The molecular formula is C12H15Cl3Ti. The summed E-state index contributed by atoms with van der Waals surface area (Å²) in [7, 11) is 0. The molecule has 0 bridgehead atoms. The fourth-order valence-corrected chi connectivity index (χ4v) is 2.45. The predicted octanol–water partition coefficient (Wildman–Crippen LogP) is -6.08. The van der Waals surface area contributed by atoms with Crippen molar-refractivity contribution in [1.29, 1.82) is 0 Å². The van der Waals surface area contributed by atoms with Gasteiger partial charge in [-0.3, -0.25) is 0 Å². The number of halogens is 3. The van der Waals surface area contributed by atoms with Crippen LogP contribution in [0.1, 0.15) is 43.6 Å². The standard InChI is InChI=1S/C12H15.3ClH.Ti/c1-3-7-11(8-4-1)12-9-5-2-6-10-12;;;;/h5-6,9-11H,1,3-4,7-8H2;3*1H;/q;;;;+3/p-3. The van der Waals surface area contributed by atoms with E-state index < -0.39 is 0 Å². The topological polar surface area (TPSA) is 0 Å². The molecule has 0 aromatic heterocycles. The fourth-order valence-electron chi connectivity index (χ4n) is 2.19. The summed E-state index contributed by atoms with van der Waals surface area (Å²) in [5.41, 5.74) is 1.56. The van der Waals surface area contributed by atoms with Crippen LogP contribution in [-0.4, -0.2) is 0 Å². The van der Waals surface area contributed by atoms with Crippen LogP contribution in [0, 0.1) is 0 Å². The van der Waals surface area contributed by atoms with Gasteiger partial charge in [-0.1, -0.05) is 0 Å². The summed E-state index contributed by atoms with van der Waals surface area (Å²) in [6.07, 6.45) is 7.12. The molecule has 4 heteroatoms. The molecule has 1 aliphatic carbocycles. The van der Waals surface area contributed by atoms with Crippen LogP contribution in [0.15, 0.2) is 24.3 Å². The van der Waals surface area contributed by atoms with Crippen molar-refractivity contribution in [2.24, 2.45) is 0 Å². The SMILES string of the molecule is [Cl-].[Cl-].[Cl-].[Ti+3][c]1ccc(C2CCCCC2)cc1. The van der Waals surface area contributed by atoms with Gasteiger partial charge in [0.2, 0.25) is 0 Å². The van der Waals surface area contributed by atoms with Gasteiger partial charge >= 0.3 is 92.2 Å². The molecule has 0 heterocycles. The molecule has 1 aliphatic rings. The van der Waals surface area contributed by atoms with Crippen molar-refractivity contribution in [2.45, 2.75) is 38.0 Å². The first kappa shape index (κ1) is 19.2. The van der Waals surface area contributed by atoms with Gasteiger partial charge in [-0.05, 0) is 0 Å². The summed E-state index contributed by atoms with van der Waals surface area (Å²) in [6, 6.07) is 9.10. The van der Waals surface area contributed by atoms with Crippen LogP contribution in [0.2, 0.25) is 0 Å². The summed E-state index contributed by atoms with van der Waals surface area (Å²) in [6.45, 7) is 0. The van der Waals surface area contributed by atoms with E-state index in [2.05, 4.69) is 44.7 Å². The number of hydrogen-bond donors (Lipinski definition) is 0. The molecule has 0 N–H and O–H groups in total. The van der Waals surface area contributed by atoms with E-state index in [0.29, 0.717) is 0 Å². The molecule has 0 radical (unpaired) electrons. The van der Waals surface area contributed by atoms with Crippen molar-refractivity contribution in [1.82, 2.24) is 0 Å². The Morgan fingerprint density at radius 3 is 1.81 bits per heavy atom. The van der Waals surface area contributed by atoms with E-state index in [1.165, 1.54) is 36.0 Å². The quantitative estimate of drug-likeness (QED) is 0.453. The molecule has 0 spiro atoms. The van der Waals surface area contributed by atoms with Gasteiger partial charge in [-0.15, -0.1) is 0 Å². The van der Waals surface area contributed by atoms with E-state index in [1.54, 1.807) is 5.56 Å². The summed E-state index contributed by atoms with van der Waals surface area (Å²) >= 11 is 2.16. The second-order valence-electron chi connectivity index (χ2n) is 3.96. The Morgan fingerprint density at radius 1 is 0.812 bits per heavy atom. The van der Waals surface area contributed by atoms with Crippen molar-refractivity contribution in [3.63, 3.8) is 0 Å². The van der Waals surface area contributed by atoms with Gasteiger partial charge in [0, 0.05) is 0 Å². The molecule has 2 rings (SSSR count). The van der Waals surface area contributed by atoms with E-state index in [0.717, 1.165) is 5.92 Å². The Labute approximate surface area is 129 Å². The van der Waals surface area contributed by atoms with Crippen molar-refractivity contribution >= 4 is 3.87 Å². The van der Waals surface area contributed by atoms with Crippen LogP contribution in [0.4, 0.5) is 0 Å². The third-order valence-electron chi connectivity index (χ3n) is 2.99. The van der Waals surface area contributed by atoms with Crippen molar-refractivity contribution < 1.29 is 57.7 Å². The van der Waals surface area contributed by atoms with Gasteiger partial charge in [0.05, 0.1) is 0 Å². The van der Waals surface area contributed by atoms with Crippen molar-refractivity contribution in [3.05, 3.63) is 29.8 Å². The van der Waals surface area contributed by atoms with Crippen LogP contribution in [0.5, 0.6) is 0 Å². The summed E-state index contributed by atoms with van der Waals surface area (Å²) in [4.78, 5) is 0. The minimum atomic E-state index is 0. The zero-order valence-corrected chi connectivity index (χ0v) is 12.9. The molecule has 16 heavy (non-hydrogen) atoms. The van der Waals surface area contributed by atoms with E-state index in [-0.39, 0.29) is 37.2 Å². The van der Waals surface area contributed by atoms with Crippen molar-refractivity contribution in [3.8, 4) is 0 Å². The van der Waals surface area contributed by atoms with E-state index >= 15 is 0 Å². The van der Waals surface area contributed by atoms with Gasteiger partial charge in [-0.25, -0.2) is 0 Å². The summed E-state index contributed by atoms with van der Waals surface area (Å²) in [5.74, 6) is 0.856. The monoisotopic (exact) mass is 312 g/mol. The molecule has 0 aliphatic heterocycles. The van der Waals surface area contributed by atoms with E-state index in [4.69, 9.17) is 0 Å². The summed E-state index contributed by atoms with van der Waals surface area (Å²) in [5, 5.41) is 0. The molecule has 0 saturated heterocycles. The molecule has 0 unspecified atom stereocenters. The molecular weight excluding hydrogens is 298 g/mol. The van der Waals surface area contributed by atoms with Crippen LogP contribution in [0.3, 0.4) is 0 Å².